The van der Waals surface area contributed by atoms with Gasteiger partial charge in [-0.3, -0.25) is 0 Å². The third-order valence-electron chi connectivity index (χ3n) is 19.6. The molecule has 386 valence electrons. The first-order valence-electron chi connectivity index (χ1n) is 29.1. The van der Waals surface area contributed by atoms with Gasteiger partial charge in [-0.25, -0.2) is 0 Å². The maximum absolute atomic E-state index is 7.11. The first-order valence-corrected chi connectivity index (χ1v) is 29.1. The average Bonchev–Trinajstić information content (AvgIpc) is 2.40. The smallest absolute Gasteiger partial charge is 0.135 e. The number of ether oxygens (including phenoxy) is 2. The summed E-state index contributed by atoms with van der Waals surface area (Å²) >= 11 is 0. The topological polar surface area (TPSA) is 18.5 Å². The summed E-state index contributed by atoms with van der Waals surface area (Å²) in [5.74, 6) is 3.58. The van der Waals surface area contributed by atoms with E-state index >= 15 is 0 Å². The Kier molecular flexibility index (Phi) is 9.23. The molecule has 0 spiro atoms. The van der Waals surface area contributed by atoms with Gasteiger partial charge in [-0.1, -0.05) is 222 Å². The van der Waals surface area contributed by atoms with Gasteiger partial charge in [0.25, 0.3) is 0 Å². The Morgan fingerprint density at radius 1 is 0.256 bits per heavy atom. The van der Waals surface area contributed by atoms with Crippen LogP contribution in [0.1, 0.15) is 73.9 Å². The second-order valence-electron chi connectivity index (χ2n) is 24.4. The van der Waals surface area contributed by atoms with E-state index in [1.165, 1.54) is 143 Å². The maximum Gasteiger partial charge on any atom is 0.135 e. The van der Waals surface area contributed by atoms with Crippen LogP contribution in [-0.2, 0) is 10.8 Å². The van der Waals surface area contributed by atoms with Crippen LogP contribution in [0.15, 0.2) is 231 Å². The summed E-state index contributed by atoms with van der Waals surface area (Å²) in [6, 6.07) is 86.3. The highest BCUT2D eigenvalue weighted by Crippen LogP contribution is 2.55. The number of hydrogen-bond donors (Lipinski definition) is 0. The van der Waals surface area contributed by atoms with Gasteiger partial charge in [0.05, 0.1) is 0 Å². The Labute approximate surface area is 476 Å². The molecule has 0 atom stereocenters. The minimum Gasteiger partial charge on any atom is -0.456 e. The van der Waals surface area contributed by atoms with Crippen LogP contribution in [-0.4, -0.2) is 0 Å². The molecule has 0 bridgehead atoms. The normalized spacial score (nSPS) is 15.1. The molecular formula is C80H54O2. The maximum atomic E-state index is 7.11. The molecule has 0 saturated carbocycles. The van der Waals surface area contributed by atoms with E-state index in [0.717, 1.165) is 58.1 Å². The summed E-state index contributed by atoms with van der Waals surface area (Å²) in [5, 5.41) is 12.3. The third kappa shape index (κ3) is 6.14. The van der Waals surface area contributed by atoms with E-state index in [-0.39, 0.29) is 10.8 Å². The summed E-state index contributed by atoms with van der Waals surface area (Å²) in [6.45, 7) is 9.48. The van der Waals surface area contributed by atoms with Gasteiger partial charge in [0.1, 0.15) is 23.0 Å². The van der Waals surface area contributed by atoms with Gasteiger partial charge in [0, 0.05) is 32.4 Å². The van der Waals surface area contributed by atoms with Crippen LogP contribution in [0.4, 0.5) is 0 Å². The molecule has 0 aromatic heterocycles. The fourth-order valence-corrected chi connectivity index (χ4v) is 15.9. The standard InChI is InChI=1S/C80H54O2/c1-79(2)65-27-15-13-17-49(65)51-33-29-45(41-67(51)79)73-55-19-5-9-23-59(55)75(60-24-10-6-20-56(60)73)47-31-35-53-63-37-38-64-54-36-32-48(44-72(54)82-70-40-39-69(77(63)78(64)70)81-71(53)43-47)76-61-25-11-7-21-57(61)74(58-22-8-12-26-62(58)76)46-30-34-52-50-18-14-16-28-66(50)80(3,4)68(52)42-46/h5-36,39-44H,37-38H2,1-4H3. The predicted molar refractivity (Wildman–Crippen MR) is 340 cm³/mol. The van der Waals surface area contributed by atoms with Gasteiger partial charge in [0.15, 0.2) is 0 Å². The van der Waals surface area contributed by atoms with Crippen molar-refractivity contribution < 1.29 is 9.47 Å². The van der Waals surface area contributed by atoms with E-state index in [4.69, 9.17) is 9.47 Å². The minimum absolute atomic E-state index is 0.0931. The Balaban J connectivity index is 0.744. The van der Waals surface area contributed by atoms with Gasteiger partial charge < -0.3 is 9.47 Å². The van der Waals surface area contributed by atoms with Crippen LogP contribution in [0.3, 0.4) is 0 Å². The summed E-state index contributed by atoms with van der Waals surface area (Å²) in [7, 11) is 0. The molecule has 13 aromatic rings. The van der Waals surface area contributed by atoms with Crippen molar-refractivity contribution in [3.8, 4) is 89.8 Å². The first-order chi connectivity index (χ1) is 40.2. The predicted octanol–water partition coefficient (Wildman–Crippen LogP) is 20.0. The molecule has 2 heterocycles. The van der Waals surface area contributed by atoms with Crippen molar-refractivity contribution >= 4 is 54.2 Å². The molecule has 0 N–H and O–H groups in total. The Morgan fingerprint density at radius 2 is 0.537 bits per heavy atom. The zero-order valence-electron chi connectivity index (χ0n) is 46.2. The summed E-state index contributed by atoms with van der Waals surface area (Å²) in [5.41, 5.74) is 25.5. The van der Waals surface area contributed by atoms with Gasteiger partial charge in [-0.05, 0) is 192 Å². The van der Waals surface area contributed by atoms with Crippen molar-refractivity contribution in [2.75, 3.05) is 0 Å². The lowest BCUT2D eigenvalue weighted by Crippen LogP contribution is -2.38. The first kappa shape index (κ1) is 46.0. The monoisotopic (exact) mass is 1050 g/mol. The van der Waals surface area contributed by atoms with Crippen LogP contribution < -0.4 is 19.9 Å². The third-order valence-corrected chi connectivity index (χ3v) is 19.6. The fraction of sp³-hybridized carbons (Fsp3) is 0.100. The minimum atomic E-state index is -0.0931. The van der Waals surface area contributed by atoms with Crippen LogP contribution in [0.5, 0.6) is 23.0 Å². The molecule has 0 unspecified atom stereocenters. The molecule has 2 heteroatoms. The van der Waals surface area contributed by atoms with E-state index in [1.54, 1.807) is 0 Å². The van der Waals surface area contributed by atoms with Gasteiger partial charge in [0.2, 0.25) is 0 Å². The van der Waals surface area contributed by atoms with Crippen LogP contribution in [0.25, 0.3) is 121 Å². The lowest BCUT2D eigenvalue weighted by molar-refractivity contribution is 0.451. The van der Waals surface area contributed by atoms with Crippen LogP contribution >= 0.6 is 0 Å². The van der Waals surface area contributed by atoms with Crippen molar-refractivity contribution in [2.45, 2.75) is 51.4 Å². The van der Waals surface area contributed by atoms with Crippen molar-refractivity contribution in [1.82, 2.24) is 0 Å². The molecule has 13 aromatic carbocycles. The van der Waals surface area contributed by atoms with Gasteiger partial charge in [-0.15, -0.1) is 0 Å². The molecule has 0 fully saturated rings. The summed E-state index contributed by atoms with van der Waals surface area (Å²) in [6.07, 6.45) is 1.81. The van der Waals surface area contributed by atoms with E-state index in [1.807, 2.05) is 0 Å². The fourth-order valence-electron chi connectivity index (χ4n) is 15.9. The summed E-state index contributed by atoms with van der Waals surface area (Å²) in [4.78, 5) is 0. The van der Waals surface area contributed by atoms with Crippen molar-refractivity contribution in [2.24, 2.45) is 0 Å². The van der Waals surface area contributed by atoms with Crippen molar-refractivity contribution in [3.05, 3.63) is 274 Å². The van der Waals surface area contributed by atoms with E-state index in [0.29, 0.717) is 0 Å². The molecule has 0 saturated heterocycles. The van der Waals surface area contributed by atoms with Gasteiger partial charge >= 0.3 is 0 Å². The number of fused-ring (bicyclic) bond motifs is 14. The highest BCUT2D eigenvalue weighted by Gasteiger charge is 2.38. The van der Waals surface area contributed by atoms with Crippen LogP contribution in [0, 0.1) is 0 Å². The molecule has 5 aliphatic rings. The van der Waals surface area contributed by atoms with Crippen molar-refractivity contribution in [1.29, 1.82) is 0 Å². The SMILES string of the molecule is CC1(C)c2ccccc2-c2ccc(-c3c4ccccc4c(-c4ccc5c(c4)Oc4ccc6c7c4=C5CCC=7c4ccc(-c5c7ccccc7c(-c7ccc8c(c7)C(C)(C)c7ccccc7-8)c7ccccc57)cc4O6)c4ccccc34)cc21. The van der Waals surface area contributed by atoms with Crippen LogP contribution in [0.2, 0.25) is 0 Å². The molecule has 2 aliphatic heterocycles. The Hall–Kier alpha value is -9.76. The quantitative estimate of drug-likeness (QED) is 0.164. The molecule has 0 radical (unpaired) electrons. The Morgan fingerprint density at radius 3 is 0.878 bits per heavy atom. The van der Waals surface area contributed by atoms with E-state index in [2.05, 4.69) is 258 Å². The lowest BCUT2D eigenvalue weighted by Gasteiger charge is -2.30. The number of benzene rings is 13. The molecule has 82 heavy (non-hydrogen) atoms. The second kappa shape index (κ2) is 16.4. The number of hydrogen-bond acceptors (Lipinski definition) is 2. The molecular weight excluding hydrogens is 993 g/mol. The van der Waals surface area contributed by atoms with Gasteiger partial charge in [-0.2, -0.15) is 0 Å². The summed E-state index contributed by atoms with van der Waals surface area (Å²) < 4.78 is 14.2. The Bertz CT molecular complexity index is 4780. The van der Waals surface area contributed by atoms with E-state index < -0.39 is 0 Å². The number of rotatable bonds is 4. The molecule has 2 nitrogen and oxygen atoms in total. The molecule has 3 aliphatic carbocycles. The average molecular weight is 1050 g/mol. The molecule has 0 amide bonds. The van der Waals surface area contributed by atoms with E-state index in [9.17, 15) is 0 Å². The van der Waals surface area contributed by atoms with Crippen molar-refractivity contribution in [3.63, 3.8) is 0 Å². The second-order valence-corrected chi connectivity index (χ2v) is 24.4. The highest BCUT2D eigenvalue weighted by atomic mass is 16.5. The zero-order chi connectivity index (χ0) is 54.3. The molecule has 18 rings (SSSR count). The zero-order valence-corrected chi connectivity index (χ0v) is 46.2. The highest BCUT2D eigenvalue weighted by molar-refractivity contribution is 6.23. The largest absolute Gasteiger partial charge is 0.456 e. The lowest BCUT2D eigenvalue weighted by atomic mass is 9.80.